The molecule has 2 rings (SSSR count). The van der Waals surface area contributed by atoms with E-state index in [1.54, 1.807) is 7.11 Å². The van der Waals surface area contributed by atoms with Crippen molar-refractivity contribution in [1.82, 2.24) is 4.98 Å². The van der Waals surface area contributed by atoms with Gasteiger partial charge in [0.1, 0.15) is 34.8 Å². The van der Waals surface area contributed by atoms with Crippen LogP contribution in [0.15, 0.2) is 16.9 Å². The second-order valence-corrected chi connectivity index (χ2v) is 5.78. The van der Waals surface area contributed by atoms with E-state index >= 15 is 0 Å². The van der Waals surface area contributed by atoms with Crippen molar-refractivity contribution in [2.75, 3.05) is 12.8 Å². The summed E-state index contributed by atoms with van der Waals surface area (Å²) in [6.07, 6.45) is 0. The number of ether oxygens (including phenoxy) is 1. The number of nitrogen functional groups attached to an aromatic ring is 1. The summed E-state index contributed by atoms with van der Waals surface area (Å²) in [6.45, 7) is 5.86. The van der Waals surface area contributed by atoms with Gasteiger partial charge in [0, 0.05) is 5.56 Å². The average molecular weight is 322 g/mol. The number of nitrogens with two attached hydrogens (primary N) is 1. The SMILES string of the molecule is COc1cc(C)c(-c2c(C#N)c(N)[nH]c(=O)c2C#N)cc1C(C)C. The number of nitrogens with one attached hydrogen (secondary N) is 1. The van der Waals surface area contributed by atoms with Crippen LogP contribution in [0.2, 0.25) is 0 Å². The van der Waals surface area contributed by atoms with Crippen LogP contribution in [0, 0.1) is 29.6 Å². The summed E-state index contributed by atoms with van der Waals surface area (Å²) < 4.78 is 5.42. The summed E-state index contributed by atoms with van der Waals surface area (Å²) >= 11 is 0. The van der Waals surface area contributed by atoms with Crippen molar-refractivity contribution in [3.8, 4) is 29.0 Å². The van der Waals surface area contributed by atoms with Crippen molar-refractivity contribution in [2.24, 2.45) is 0 Å². The number of aryl methyl sites for hydroxylation is 1. The Morgan fingerprint density at radius 3 is 2.33 bits per heavy atom. The summed E-state index contributed by atoms with van der Waals surface area (Å²) in [5, 5.41) is 18.9. The van der Waals surface area contributed by atoms with E-state index in [9.17, 15) is 15.3 Å². The summed E-state index contributed by atoms with van der Waals surface area (Å²) in [7, 11) is 1.59. The summed E-state index contributed by atoms with van der Waals surface area (Å²) in [4.78, 5) is 14.4. The highest BCUT2D eigenvalue weighted by Gasteiger charge is 2.21. The minimum Gasteiger partial charge on any atom is -0.496 e. The van der Waals surface area contributed by atoms with Crippen LogP contribution in [-0.4, -0.2) is 12.1 Å². The number of pyridine rings is 1. The van der Waals surface area contributed by atoms with E-state index in [0.29, 0.717) is 5.56 Å². The highest BCUT2D eigenvalue weighted by molar-refractivity contribution is 5.82. The van der Waals surface area contributed by atoms with Gasteiger partial charge < -0.3 is 15.5 Å². The van der Waals surface area contributed by atoms with Crippen LogP contribution in [0.1, 0.15) is 42.0 Å². The molecule has 1 heterocycles. The maximum atomic E-state index is 12.1. The van der Waals surface area contributed by atoms with Gasteiger partial charge >= 0.3 is 0 Å². The van der Waals surface area contributed by atoms with Crippen molar-refractivity contribution in [1.29, 1.82) is 10.5 Å². The third-order valence-electron chi connectivity index (χ3n) is 3.94. The first kappa shape index (κ1) is 17.1. The number of nitrogens with zero attached hydrogens (tertiary/aromatic N) is 2. The van der Waals surface area contributed by atoms with Crippen molar-refractivity contribution in [2.45, 2.75) is 26.7 Å². The van der Waals surface area contributed by atoms with Gasteiger partial charge in [-0.05, 0) is 41.7 Å². The van der Waals surface area contributed by atoms with Crippen LogP contribution in [0.5, 0.6) is 5.75 Å². The van der Waals surface area contributed by atoms with Crippen molar-refractivity contribution in [3.63, 3.8) is 0 Å². The van der Waals surface area contributed by atoms with Gasteiger partial charge in [0.2, 0.25) is 0 Å². The van der Waals surface area contributed by atoms with Crippen LogP contribution < -0.4 is 16.0 Å². The van der Waals surface area contributed by atoms with Gasteiger partial charge in [0.25, 0.3) is 5.56 Å². The highest BCUT2D eigenvalue weighted by Crippen LogP contribution is 2.37. The molecule has 0 unspecified atom stereocenters. The Morgan fingerprint density at radius 2 is 1.83 bits per heavy atom. The number of anilines is 1. The zero-order chi connectivity index (χ0) is 18.0. The molecule has 0 aliphatic rings. The zero-order valence-corrected chi connectivity index (χ0v) is 14.0. The molecule has 0 bridgehead atoms. The molecule has 0 amide bonds. The molecule has 2 aromatic rings. The van der Waals surface area contributed by atoms with Gasteiger partial charge in [-0.25, -0.2) is 0 Å². The Kier molecular flexibility index (Phi) is 4.61. The molecule has 0 spiro atoms. The molecule has 0 radical (unpaired) electrons. The number of aromatic amines is 1. The third kappa shape index (κ3) is 2.70. The molecular formula is C18H18N4O2. The van der Waals surface area contributed by atoms with E-state index in [1.165, 1.54) is 0 Å². The number of rotatable bonds is 3. The highest BCUT2D eigenvalue weighted by atomic mass is 16.5. The molecular weight excluding hydrogens is 304 g/mol. The fourth-order valence-corrected chi connectivity index (χ4v) is 2.71. The molecule has 0 saturated heterocycles. The standard InChI is InChI=1S/C18H18N4O2/c1-9(2)11-6-12(10(3)5-15(11)24-4)16-13(7-19)17(21)22-18(23)14(16)8-20/h5-6,9H,1-4H3,(H3,21,22,23). The van der Waals surface area contributed by atoms with E-state index in [0.717, 1.165) is 16.9 Å². The van der Waals surface area contributed by atoms with E-state index in [1.807, 2.05) is 45.0 Å². The van der Waals surface area contributed by atoms with Crippen LogP contribution >= 0.6 is 0 Å². The topological polar surface area (TPSA) is 116 Å². The summed E-state index contributed by atoms with van der Waals surface area (Å²) in [6, 6.07) is 7.57. The second kappa shape index (κ2) is 6.47. The molecule has 0 fully saturated rings. The molecule has 122 valence electrons. The van der Waals surface area contributed by atoms with Gasteiger partial charge in [-0.3, -0.25) is 4.79 Å². The first-order valence-corrected chi connectivity index (χ1v) is 7.40. The predicted molar refractivity (Wildman–Crippen MR) is 91.7 cm³/mol. The van der Waals surface area contributed by atoms with Gasteiger partial charge in [-0.2, -0.15) is 10.5 Å². The Balaban J connectivity index is 2.98. The average Bonchev–Trinajstić information content (AvgIpc) is 2.53. The maximum Gasteiger partial charge on any atom is 0.268 e. The van der Waals surface area contributed by atoms with Crippen LogP contribution in [-0.2, 0) is 0 Å². The molecule has 6 heteroatoms. The molecule has 0 aliphatic heterocycles. The van der Waals surface area contributed by atoms with Gasteiger partial charge in [0.15, 0.2) is 0 Å². The number of hydrogen-bond donors (Lipinski definition) is 2. The molecule has 24 heavy (non-hydrogen) atoms. The van der Waals surface area contributed by atoms with Gasteiger partial charge in [-0.15, -0.1) is 0 Å². The molecule has 1 aromatic heterocycles. The lowest BCUT2D eigenvalue weighted by Crippen LogP contribution is -2.16. The number of H-pyrrole nitrogens is 1. The van der Waals surface area contributed by atoms with E-state index < -0.39 is 5.56 Å². The molecule has 0 aliphatic carbocycles. The molecule has 6 nitrogen and oxygen atoms in total. The van der Waals surface area contributed by atoms with Gasteiger partial charge in [0.05, 0.1) is 7.11 Å². The van der Waals surface area contributed by atoms with Crippen molar-refractivity contribution >= 4 is 5.82 Å². The molecule has 3 N–H and O–H groups in total. The van der Waals surface area contributed by atoms with Crippen molar-refractivity contribution < 1.29 is 4.74 Å². The Labute approximate surface area is 140 Å². The molecule has 1 aromatic carbocycles. The second-order valence-electron chi connectivity index (χ2n) is 5.78. The number of hydrogen-bond acceptors (Lipinski definition) is 5. The number of aromatic nitrogens is 1. The normalized spacial score (nSPS) is 10.3. The first-order chi connectivity index (χ1) is 11.3. The van der Waals surface area contributed by atoms with E-state index in [2.05, 4.69) is 4.98 Å². The number of methoxy groups -OCH3 is 1. The third-order valence-corrected chi connectivity index (χ3v) is 3.94. The van der Waals surface area contributed by atoms with Crippen LogP contribution in [0.25, 0.3) is 11.1 Å². The Bertz CT molecular complexity index is 943. The number of nitriles is 2. The fraction of sp³-hybridized carbons (Fsp3) is 0.278. The van der Waals surface area contributed by atoms with E-state index in [-0.39, 0.29) is 28.4 Å². The smallest absolute Gasteiger partial charge is 0.268 e. The van der Waals surface area contributed by atoms with Crippen LogP contribution in [0.4, 0.5) is 5.82 Å². The summed E-state index contributed by atoms with van der Waals surface area (Å²) in [5.41, 5.74) is 7.75. The predicted octanol–water partition coefficient (Wildman–Crippen LogP) is 2.81. The van der Waals surface area contributed by atoms with Gasteiger partial charge in [-0.1, -0.05) is 13.8 Å². The lowest BCUT2D eigenvalue weighted by Gasteiger charge is -2.17. The first-order valence-electron chi connectivity index (χ1n) is 7.40. The lowest BCUT2D eigenvalue weighted by molar-refractivity contribution is 0.407. The fourth-order valence-electron chi connectivity index (χ4n) is 2.71. The zero-order valence-electron chi connectivity index (χ0n) is 14.0. The maximum absolute atomic E-state index is 12.1. The Hall–Kier alpha value is -3.25. The minimum absolute atomic E-state index is 0.0437. The monoisotopic (exact) mass is 322 g/mol. The Morgan fingerprint density at radius 1 is 1.21 bits per heavy atom. The van der Waals surface area contributed by atoms with E-state index in [4.69, 9.17) is 10.5 Å². The van der Waals surface area contributed by atoms with Crippen LogP contribution in [0.3, 0.4) is 0 Å². The van der Waals surface area contributed by atoms with Crippen molar-refractivity contribution in [3.05, 3.63) is 44.7 Å². The molecule has 0 saturated carbocycles. The molecule has 0 atom stereocenters. The lowest BCUT2D eigenvalue weighted by atomic mass is 9.89. The minimum atomic E-state index is -0.606. The number of benzene rings is 1. The summed E-state index contributed by atoms with van der Waals surface area (Å²) in [5.74, 6) is 0.841. The quantitative estimate of drug-likeness (QED) is 0.901. The largest absolute Gasteiger partial charge is 0.496 e.